The molecule has 1 aromatic carbocycles. The smallest absolute Gasteiger partial charge is 0.339 e. The summed E-state index contributed by atoms with van der Waals surface area (Å²) in [6.45, 7) is 0. The Balaban J connectivity index is 3.22. The molecule has 3 nitrogen and oxygen atoms in total. The Morgan fingerprint density at radius 1 is 1.44 bits per heavy atom. The second kappa shape index (κ2) is 6.01. The van der Waals surface area contributed by atoms with E-state index in [1.54, 1.807) is 18.2 Å². The minimum absolute atomic E-state index is 0.170. The number of ether oxygens (including phenoxy) is 1. The van der Waals surface area contributed by atoms with Crippen LogP contribution in [0, 0.1) is 0 Å². The van der Waals surface area contributed by atoms with Gasteiger partial charge in [0.2, 0.25) is 0 Å². The highest BCUT2D eigenvalue weighted by molar-refractivity contribution is 9.10. The number of esters is 1. The van der Waals surface area contributed by atoms with Crippen LogP contribution in [0.15, 0.2) is 22.7 Å². The summed E-state index contributed by atoms with van der Waals surface area (Å²) >= 11 is 8.73. The SMILES string of the molecule is COC(=O)c1c(Br)cccc1C(=O)CCCl. The van der Waals surface area contributed by atoms with Crippen molar-refractivity contribution in [2.75, 3.05) is 13.0 Å². The van der Waals surface area contributed by atoms with Crippen LogP contribution < -0.4 is 0 Å². The molecule has 0 fully saturated rings. The average Bonchev–Trinajstić information content (AvgIpc) is 2.28. The molecule has 16 heavy (non-hydrogen) atoms. The van der Waals surface area contributed by atoms with Crippen LogP contribution in [0.2, 0.25) is 0 Å². The summed E-state index contributed by atoms with van der Waals surface area (Å²) in [5.41, 5.74) is 0.585. The molecule has 0 atom stereocenters. The summed E-state index contributed by atoms with van der Waals surface area (Å²) in [4.78, 5) is 23.3. The van der Waals surface area contributed by atoms with Gasteiger partial charge in [0.15, 0.2) is 5.78 Å². The molecule has 5 heteroatoms. The van der Waals surface area contributed by atoms with Crippen LogP contribution in [0.4, 0.5) is 0 Å². The minimum atomic E-state index is -0.537. The van der Waals surface area contributed by atoms with E-state index in [2.05, 4.69) is 20.7 Å². The molecule has 0 amide bonds. The number of carbonyl (C=O) groups is 2. The average molecular weight is 306 g/mol. The lowest BCUT2D eigenvalue weighted by molar-refractivity contribution is 0.0596. The lowest BCUT2D eigenvalue weighted by atomic mass is 10.0. The topological polar surface area (TPSA) is 43.4 Å². The van der Waals surface area contributed by atoms with E-state index < -0.39 is 5.97 Å². The first-order valence-electron chi connectivity index (χ1n) is 4.57. The summed E-state index contributed by atoms with van der Waals surface area (Å²) in [5.74, 6) is -0.478. The molecule has 0 saturated heterocycles. The van der Waals surface area contributed by atoms with E-state index in [0.717, 1.165) is 0 Å². The van der Waals surface area contributed by atoms with E-state index in [1.807, 2.05) is 0 Å². The maximum Gasteiger partial charge on any atom is 0.339 e. The fourth-order valence-corrected chi connectivity index (χ4v) is 1.99. The third kappa shape index (κ3) is 2.83. The Kier molecular flexibility index (Phi) is 4.96. The van der Waals surface area contributed by atoms with E-state index in [1.165, 1.54) is 7.11 Å². The highest BCUT2D eigenvalue weighted by Crippen LogP contribution is 2.22. The number of benzene rings is 1. The summed E-state index contributed by atoms with van der Waals surface area (Å²) in [7, 11) is 1.28. The van der Waals surface area contributed by atoms with Gasteiger partial charge in [0.1, 0.15) is 0 Å². The monoisotopic (exact) mass is 304 g/mol. The van der Waals surface area contributed by atoms with Crippen molar-refractivity contribution in [2.24, 2.45) is 0 Å². The molecular formula is C11H10BrClO3. The van der Waals surface area contributed by atoms with Gasteiger partial charge in [0, 0.05) is 22.3 Å². The highest BCUT2D eigenvalue weighted by Gasteiger charge is 2.19. The molecule has 0 heterocycles. The number of hydrogen-bond donors (Lipinski definition) is 0. The van der Waals surface area contributed by atoms with Gasteiger partial charge in [-0.2, -0.15) is 0 Å². The predicted octanol–water partition coefficient (Wildman–Crippen LogP) is 3.05. The summed E-state index contributed by atoms with van der Waals surface area (Å²) in [6, 6.07) is 4.97. The molecule has 0 N–H and O–H groups in total. The summed E-state index contributed by atoms with van der Waals surface area (Å²) < 4.78 is 5.17. The number of carbonyl (C=O) groups excluding carboxylic acids is 2. The lowest BCUT2D eigenvalue weighted by Gasteiger charge is -2.08. The van der Waals surface area contributed by atoms with Crippen LogP contribution in [-0.2, 0) is 4.74 Å². The molecule has 0 saturated carbocycles. The van der Waals surface area contributed by atoms with Crippen molar-refractivity contribution in [1.82, 2.24) is 0 Å². The number of halogens is 2. The van der Waals surface area contributed by atoms with Gasteiger partial charge in [0.05, 0.1) is 12.7 Å². The Bertz CT molecular complexity index is 418. The third-order valence-electron chi connectivity index (χ3n) is 2.03. The molecule has 1 rings (SSSR count). The van der Waals surface area contributed by atoms with Crippen molar-refractivity contribution >= 4 is 39.3 Å². The van der Waals surface area contributed by atoms with Gasteiger partial charge in [0.25, 0.3) is 0 Å². The first-order valence-corrected chi connectivity index (χ1v) is 5.90. The Hall–Kier alpha value is -0.870. The van der Waals surface area contributed by atoms with Gasteiger partial charge in [-0.15, -0.1) is 11.6 Å². The van der Waals surface area contributed by atoms with Crippen molar-refractivity contribution < 1.29 is 14.3 Å². The van der Waals surface area contributed by atoms with Gasteiger partial charge in [-0.3, -0.25) is 4.79 Å². The van der Waals surface area contributed by atoms with Crippen LogP contribution in [0.1, 0.15) is 27.1 Å². The van der Waals surface area contributed by atoms with Crippen molar-refractivity contribution in [3.8, 4) is 0 Å². The van der Waals surface area contributed by atoms with E-state index >= 15 is 0 Å². The second-order valence-electron chi connectivity index (χ2n) is 3.02. The molecule has 0 bridgehead atoms. The van der Waals surface area contributed by atoms with E-state index in [-0.39, 0.29) is 23.6 Å². The molecule has 0 aliphatic heterocycles. The molecule has 0 radical (unpaired) electrons. The second-order valence-corrected chi connectivity index (χ2v) is 4.25. The molecule has 86 valence electrons. The van der Waals surface area contributed by atoms with Crippen molar-refractivity contribution in [3.63, 3.8) is 0 Å². The van der Waals surface area contributed by atoms with Crippen LogP contribution >= 0.6 is 27.5 Å². The van der Waals surface area contributed by atoms with Crippen molar-refractivity contribution in [2.45, 2.75) is 6.42 Å². The van der Waals surface area contributed by atoms with Gasteiger partial charge in [-0.25, -0.2) is 4.79 Å². The zero-order chi connectivity index (χ0) is 12.1. The Morgan fingerprint density at radius 3 is 2.69 bits per heavy atom. The standard InChI is InChI=1S/C11H10BrClO3/c1-16-11(15)10-7(9(14)5-6-13)3-2-4-8(10)12/h2-4H,5-6H2,1H3. The van der Waals surface area contributed by atoms with Crippen LogP contribution in [-0.4, -0.2) is 24.7 Å². The van der Waals surface area contributed by atoms with Crippen molar-refractivity contribution in [1.29, 1.82) is 0 Å². The van der Waals surface area contributed by atoms with E-state index in [4.69, 9.17) is 11.6 Å². The number of methoxy groups -OCH3 is 1. The number of alkyl halides is 1. The van der Waals surface area contributed by atoms with Gasteiger partial charge >= 0.3 is 5.97 Å². The number of Topliss-reactive ketones (excluding diaryl/α,β-unsaturated/α-hetero) is 1. The highest BCUT2D eigenvalue weighted by atomic mass is 79.9. The number of rotatable bonds is 4. The zero-order valence-electron chi connectivity index (χ0n) is 8.63. The normalized spacial score (nSPS) is 9.94. The molecular weight excluding hydrogens is 295 g/mol. The quantitative estimate of drug-likeness (QED) is 0.488. The zero-order valence-corrected chi connectivity index (χ0v) is 11.0. The largest absolute Gasteiger partial charge is 0.465 e. The fourth-order valence-electron chi connectivity index (χ4n) is 1.29. The Labute approximate surface area is 107 Å². The summed E-state index contributed by atoms with van der Waals surface area (Å²) in [6.07, 6.45) is 0.196. The molecule has 0 unspecified atom stereocenters. The van der Waals surface area contributed by atoms with Gasteiger partial charge < -0.3 is 4.74 Å². The van der Waals surface area contributed by atoms with Crippen LogP contribution in [0.25, 0.3) is 0 Å². The predicted molar refractivity (Wildman–Crippen MR) is 65.1 cm³/mol. The Morgan fingerprint density at radius 2 is 2.12 bits per heavy atom. The fraction of sp³-hybridized carbons (Fsp3) is 0.273. The molecule has 1 aromatic rings. The van der Waals surface area contributed by atoms with E-state index in [0.29, 0.717) is 10.0 Å². The summed E-state index contributed by atoms with van der Waals surface area (Å²) in [5, 5.41) is 0. The van der Waals surface area contributed by atoms with E-state index in [9.17, 15) is 9.59 Å². The van der Waals surface area contributed by atoms with Crippen LogP contribution in [0.3, 0.4) is 0 Å². The van der Waals surface area contributed by atoms with Gasteiger partial charge in [-0.1, -0.05) is 12.1 Å². The first-order chi connectivity index (χ1) is 7.61. The lowest BCUT2D eigenvalue weighted by Crippen LogP contribution is -2.11. The maximum absolute atomic E-state index is 11.7. The molecule has 0 aliphatic rings. The van der Waals surface area contributed by atoms with Gasteiger partial charge in [-0.05, 0) is 22.0 Å². The third-order valence-corrected chi connectivity index (χ3v) is 2.87. The van der Waals surface area contributed by atoms with Crippen LogP contribution in [0.5, 0.6) is 0 Å². The molecule has 0 aromatic heterocycles. The number of hydrogen-bond acceptors (Lipinski definition) is 3. The maximum atomic E-state index is 11.7. The molecule has 0 aliphatic carbocycles. The molecule has 0 spiro atoms. The minimum Gasteiger partial charge on any atom is -0.465 e. The first kappa shape index (κ1) is 13.2. The number of ketones is 1. The van der Waals surface area contributed by atoms with Crippen molar-refractivity contribution in [3.05, 3.63) is 33.8 Å².